The minimum atomic E-state index is -0.460. The molecular weight excluding hydrogens is 686 g/mol. The van der Waals surface area contributed by atoms with Gasteiger partial charge in [0.1, 0.15) is 23.1 Å². The Balaban J connectivity index is 0.943. The number of amides is 3. The molecule has 296 valence electrons. The van der Waals surface area contributed by atoms with E-state index in [9.17, 15) is 14.4 Å². The van der Waals surface area contributed by atoms with Crippen molar-refractivity contribution in [1.29, 1.82) is 0 Å². The predicted octanol–water partition coefficient (Wildman–Crippen LogP) is 5.12. The average molecular weight is 748 g/mol. The molecule has 3 fully saturated rings. The molecule has 4 heterocycles. The first-order valence-electron chi connectivity index (χ1n) is 20.0. The highest BCUT2D eigenvalue weighted by Gasteiger charge is 2.41. The number of benzene rings is 1. The quantitative estimate of drug-likeness (QED) is 0.280. The van der Waals surface area contributed by atoms with Crippen LogP contribution in [0.2, 0.25) is 0 Å². The minimum Gasteiger partial charge on any atom is -0.495 e. The van der Waals surface area contributed by atoms with Crippen molar-refractivity contribution in [2.75, 3.05) is 88.2 Å². The number of hydrogen-bond acceptors (Lipinski definition) is 11. The number of fused-ring (bicyclic) bond motifs is 1. The number of hydrogen-bond donors (Lipinski definition) is 2. The highest BCUT2D eigenvalue weighted by Crippen LogP contribution is 2.40. The first-order chi connectivity index (χ1) is 25.9. The number of nitrogens with one attached hydrogen (secondary N) is 2. The molecule has 0 radical (unpaired) electrons. The van der Waals surface area contributed by atoms with Crippen LogP contribution in [-0.4, -0.2) is 133 Å². The highest BCUT2D eigenvalue weighted by atomic mass is 16.6. The Morgan fingerprint density at radius 3 is 2.35 bits per heavy atom. The Kier molecular flexibility index (Phi) is 12.8. The molecule has 0 bridgehead atoms. The first-order valence-corrected chi connectivity index (χ1v) is 20.0. The smallest absolute Gasteiger partial charge is 0.410 e. The molecular formula is C40H61N9O5. The van der Waals surface area contributed by atoms with E-state index in [0.29, 0.717) is 47.5 Å². The number of anilines is 4. The van der Waals surface area contributed by atoms with Gasteiger partial charge in [-0.05, 0) is 90.0 Å². The molecule has 54 heavy (non-hydrogen) atoms. The van der Waals surface area contributed by atoms with Crippen LogP contribution in [0, 0.1) is 5.92 Å². The maximum Gasteiger partial charge on any atom is 0.410 e. The van der Waals surface area contributed by atoms with Crippen molar-refractivity contribution in [3.05, 3.63) is 30.0 Å². The van der Waals surface area contributed by atoms with Gasteiger partial charge in [0.25, 0.3) is 5.91 Å². The molecule has 1 atom stereocenters. The normalized spacial score (nSPS) is 20.6. The van der Waals surface area contributed by atoms with Gasteiger partial charge in [-0.2, -0.15) is 4.98 Å². The van der Waals surface area contributed by atoms with Gasteiger partial charge >= 0.3 is 6.09 Å². The molecule has 14 heteroatoms. The molecule has 1 aliphatic carbocycles. The maximum atomic E-state index is 13.3. The van der Waals surface area contributed by atoms with E-state index in [2.05, 4.69) is 37.2 Å². The van der Waals surface area contributed by atoms with E-state index in [1.54, 1.807) is 37.4 Å². The Hall–Kier alpha value is -4.17. The number of piperazine rings is 1. The molecule has 6 rings (SSSR count). The summed E-state index contributed by atoms with van der Waals surface area (Å²) in [5.74, 6) is 2.25. The summed E-state index contributed by atoms with van der Waals surface area (Å²) in [6.07, 6.45) is 9.56. The predicted molar refractivity (Wildman–Crippen MR) is 211 cm³/mol. The van der Waals surface area contributed by atoms with E-state index in [0.717, 1.165) is 103 Å². The van der Waals surface area contributed by atoms with E-state index in [4.69, 9.17) is 14.5 Å². The molecule has 1 aromatic heterocycles. The van der Waals surface area contributed by atoms with E-state index in [1.807, 2.05) is 31.7 Å². The molecule has 0 unspecified atom stereocenters. The summed E-state index contributed by atoms with van der Waals surface area (Å²) in [6, 6.07) is 5.38. The third-order valence-electron chi connectivity index (χ3n) is 11.3. The van der Waals surface area contributed by atoms with Crippen LogP contribution in [0.25, 0.3) is 0 Å². The second-order valence-corrected chi connectivity index (χ2v) is 16.3. The largest absolute Gasteiger partial charge is 0.495 e. The van der Waals surface area contributed by atoms with Gasteiger partial charge in [0, 0.05) is 71.0 Å². The van der Waals surface area contributed by atoms with E-state index >= 15 is 0 Å². The molecule has 4 aliphatic rings. The number of carbonyl (C=O) groups is 3. The van der Waals surface area contributed by atoms with Crippen molar-refractivity contribution in [2.45, 2.75) is 96.7 Å². The van der Waals surface area contributed by atoms with Crippen LogP contribution in [0.1, 0.15) is 89.4 Å². The Morgan fingerprint density at radius 2 is 1.69 bits per heavy atom. The van der Waals surface area contributed by atoms with Gasteiger partial charge in [0.05, 0.1) is 19.0 Å². The van der Waals surface area contributed by atoms with Crippen LogP contribution in [0.5, 0.6) is 5.75 Å². The number of methoxy groups -OCH3 is 1. The lowest BCUT2D eigenvalue weighted by molar-refractivity contribution is -0.120. The zero-order chi connectivity index (χ0) is 38.4. The van der Waals surface area contributed by atoms with Gasteiger partial charge in [0.2, 0.25) is 11.9 Å². The lowest BCUT2D eigenvalue weighted by atomic mass is 9.96. The fraction of sp³-hybridized carbons (Fsp3) is 0.675. The Bertz CT molecular complexity index is 1610. The Morgan fingerprint density at radius 1 is 0.981 bits per heavy atom. The number of ether oxygens (including phenoxy) is 2. The second kappa shape index (κ2) is 17.5. The van der Waals surface area contributed by atoms with Gasteiger partial charge < -0.3 is 44.6 Å². The molecule has 2 saturated heterocycles. The number of aromatic nitrogens is 2. The van der Waals surface area contributed by atoms with Gasteiger partial charge in [-0.1, -0.05) is 19.8 Å². The minimum absolute atomic E-state index is 0.0810. The number of piperidine rings is 1. The highest BCUT2D eigenvalue weighted by molar-refractivity contribution is 6.04. The van der Waals surface area contributed by atoms with E-state index < -0.39 is 5.60 Å². The summed E-state index contributed by atoms with van der Waals surface area (Å²) in [4.78, 5) is 59.1. The third kappa shape index (κ3) is 9.55. The molecule has 1 aromatic carbocycles. The molecule has 1 saturated carbocycles. The first kappa shape index (κ1) is 39.5. The fourth-order valence-electron chi connectivity index (χ4n) is 8.29. The van der Waals surface area contributed by atoms with Crippen molar-refractivity contribution in [1.82, 2.24) is 30.0 Å². The van der Waals surface area contributed by atoms with E-state index in [1.165, 1.54) is 0 Å². The molecule has 2 N–H and O–H groups in total. The lowest BCUT2D eigenvalue weighted by Gasteiger charge is -2.43. The van der Waals surface area contributed by atoms with Crippen LogP contribution >= 0.6 is 0 Å². The summed E-state index contributed by atoms with van der Waals surface area (Å²) in [5, 5.41) is 6.38. The third-order valence-corrected chi connectivity index (χ3v) is 11.3. The summed E-state index contributed by atoms with van der Waals surface area (Å²) in [6.45, 7) is 16.1. The Labute approximate surface area is 320 Å². The monoisotopic (exact) mass is 747 g/mol. The van der Waals surface area contributed by atoms with Gasteiger partial charge in [-0.25, -0.2) is 9.78 Å². The van der Waals surface area contributed by atoms with Crippen molar-refractivity contribution in [3.8, 4) is 5.75 Å². The number of rotatable bonds is 12. The maximum absolute atomic E-state index is 13.3. The topological polar surface area (TPSA) is 136 Å². The number of likely N-dealkylation sites (N-methyl/N-ethyl adjacent to an activating group) is 1. The van der Waals surface area contributed by atoms with Crippen molar-refractivity contribution >= 4 is 41.0 Å². The van der Waals surface area contributed by atoms with Crippen LogP contribution in [-0.2, 0) is 9.53 Å². The van der Waals surface area contributed by atoms with Crippen LogP contribution in [0.4, 0.5) is 27.9 Å². The lowest BCUT2D eigenvalue weighted by Crippen LogP contribution is -2.55. The van der Waals surface area contributed by atoms with Crippen LogP contribution in [0.3, 0.4) is 0 Å². The summed E-state index contributed by atoms with van der Waals surface area (Å²) in [5.41, 5.74) is 1.43. The zero-order valence-corrected chi connectivity index (χ0v) is 33.2. The van der Waals surface area contributed by atoms with Crippen LogP contribution in [0.15, 0.2) is 24.4 Å². The van der Waals surface area contributed by atoms with Crippen molar-refractivity contribution < 1.29 is 23.9 Å². The second-order valence-electron chi connectivity index (χ2n) is 16.3. The zero-order valence-electron chi connectivity index (χ0n) is 33.2. The number of likely N-dealkylation sites (tertiary alicyclic amines) is 1. The van der Waals surface area contributed by atoms with Gasteiger partial charge in [-0.15, -0.1) is 0 Å². The van der Waals surface area contributed by atoms with E-state index in [-0.39, 0.29) is 30.0 Å². The molecule has 0 spiro atoms. The molecule has 2 aromatic rings. The summed E-state index contributed by atoms with van der Waals surface area (Å²) >= 11 is 0. The number of nitrogens with zero attached hydrogens (tertiary/aromatic N) is 7. The van der Waals surface area contributed by atoms with Gasteiger partial charge in [0.15, 0.2) is 5.82 Å². The summed E-state index contributed by atoms with van der Waals surface area (Å²) < 4.78 is 11.2. The van der Waals surface area contributed by atoms with Crippen LogP contribution < -0.4 is 25.2 Å². The van der Waals surface area contributed by atoms with Crippen molar-refractivity contribution in [3.63, 3.8) is 0 Å². The number of carbonyl (C=O) groups excluding carboxylic acids is 3. The fourth-order valence-corrected chi connectivity index (χ4v) is 8.29. The standard InChI is InChI=1S/C40H61N9O5/c1-7-32-37(51)45(5)33-26-42-38(44-35(33)49(32)30-11-8-9-12-30)43-31-14-13-29(25-34(31)53-6)36(50)41-17-10-18-46-21-23-47(24-22-46)27-28-15-19-48(20-16-28)39(52)54-40(2,3)4/h13-14,25-26,28,30,32H,7-12,15-24,27H2,1-6H3,(H,41,50)(H,42,43,44)/t32-/m1/s1. The SMILES string of the molecule is CC[C@@H]1C(=O)N(C)c2cnc(Nc3ccc(C(=O)NCCCN4CCN(CC5CCN(C(=O)OC(C)(C)C)CC5)CC4)cc3OC)nc2N1C1CCCC1. The average Bonchev–Trinajstić information content (AvgIpc) is 3.70. The van der Waals surface area contributed by atoms with Crippen molar-refractivity contribution in [2.24, 2.45) is 5.92 Å². The summed E-state index contributed by atoms with van der Waals surface area (Å²) in [7, 11) is 3.38. The molecule has 3 amide bonds. The molecule has 3 aliphatic heterocycles. The van der Waals surface area contributed by atoms with Gasteiger partial charge in [-0.3, -0.25) is 9.59 Å². The molecule has 14 nitrogen and oxygen atoms in total.